The summed E-state index contributed by atoms with van der Waals surface area (Å²) in [5.74, 6) is -1.24. The van der Waals surface area contributed by atoms with Gasteiger partial charge in [0.05, 0.1) is 36.8 Å². The number of thioether (sulfide) groups is 4. The van der Waals surface area contributed by atoms with Crippen LogP contribution in [0.5, 0.6) is 46.0 Å². The molecule has 12 aliphatic rings. The van der Waals surface area contributed by atoms with E-state index in [1.807, 2.05) is 126 Å². The molecule has 38 heteroatoms. The maximum absolute atomic E-state index is 13.5. The van der Waals surface area contributed by atoms with Gasteiger partial charge in [-0.05, 0) is 131 Å². The second-order valence-electron chi connectivity index (χ2n) is 33.0. The van der Waals surface area contributed by atoms with Gasteiger partial charge in [0.1, 0.15) is 129 Å². The number of nitrogens with one attached hydrogen (secondary N) is 4. The van der Waals surface area contributed by atoms with Crippen LogP contribution in [0.4, 0.5) is 0 Å². The molecule has 4 aromatic heterocycles. The van der Waals surface area contributed by atoms with Crippen LogP contribution in [0, 0.1) is 0 Å². The third-order valence-electron chi connectivity index (χ3n) is 25.1. The summed E-state index contributed by atoms with van der Waals surface area (Å²) >= 11 is 11.7. The summed E-state index contributed by atoms with van der Waals surface area (Å²) in [5.41, 5.74) is 5.43. The molecule has 30 nitrogen and oxygen atoms in total. The van der Waals surface area contributed by atoms with Crippen molar-refractivity contribution >= 4 is 164 Å². The molecule has 0 saturated carbocycles. The Balaban J connectivity index is 0.000000161. The first-order valence-corrected chi connectivity index (χ1v) is 50.1. The van der Waals surface area contributed by atoms with E-state index in [-0.39, 0.29) is 144 Å². The number of hydrogen-bond donors (Lipinski definition) is 6. The number of nitrogens with zero attached hydrogens (tertiary/aromatic N) is 4. The summed E-state index contributed by atoms with van der Waals surface area (Å²) in [6.45, 7) is 3.88. The zero-order valence-electron chi connectivity index (χ0n) is 70.7. The summed E-state index contributed by atoms with van der Waals surface area (Å²) in [7, 11) is 0. The fourth-order valence-electron chi connectivity index (χ4n) is 18.5. The first kappa shape index (κ1) is 87.6. The highest BCUT2D eigenvalue weighted by atomic mass is 32.2. The minimum absolute atomic E-state index is 0.111. The first-order chi connectivity index (χ1) is 65.0. The number of carbonyl (C=O) groups is 12. The molecule has 6 aromatic carbocycles. The number of carboxylic acids is 2. The SMILES string of the molecule is CC1=C(COc2ccc3c(c2)Oc2cc(OCC4=C(C)N5C(=O)C(NC(=O)Cc6cccs6)C5SC4)ccc2C32OC(=O)c3ccccc32)CSC2C(NC(=O)Cc3cccs3)C(=O)N12.O=C(Cc1cccs1)NC1C(=O)N2C(C(=O)O)=C(COc3ccc4c(c3)Oc3cc(OCC5=C(C(=O)O)N6C(=O)C(NC(=O)Cc7cccs7)C6SC5)ccc3C43OC(=O)c4ccccc43)CSC12. The monoisotopic (exact) mass is 1950 g/mol. The van der Waals surface area contributed by atoms with Gasteiger partial charge in [0.25, 0.3) is 23.6 Å². The van der Waals surface area contributed by atoms with Crippen LogP contribution in [0.15, 0.2) is 236 Å². The lowest BCUT2D eigenvalue weighted by Crippen LogP contribution is -2.70. The van der Waals surface area contributed by atoms with Crippen molar-refractivity contribution in [1.29, 1.82) is 0 Å². The van der Waals surface area contributed by atoms with Crippen molar-refractivity contribution in [1.82, 2.24) is 40.9 Å². The lowest BCUT2D eigenvalue weighted by Gasteiger charge is -2.50. The molecule has 4 saturated heterocycles. The third-order valence-corrected chi connectivity index (χ3v) is 33.9. The van der Waals surface area contributed by atoms with Crippen LogP contribution in [-0.4, -0.2) is 196 Å². The highest BCUT2D eigenvalue weighted by Gasteiger charge is 2.60. The number of amides is 8. The Hall–Kier alpha value is -13.1. The van der Waals surface area contributed by atoms with Crippen LogP contribution in [0.25, 0.3) is 0 Å². The van der Waals surface area contributed by atoms with E-state index in [4.69, 9.17) is 37.9 Å². The summed E-state index contributed by atoms with van der Waals surface area (Å²) in [5, 5.41) is 38.0. The molecule has 16 heterocycles. The molecule has 8 amide bonds. The number of carboxylic acid groups (broad SMARTS) is 2. The predicted molar refractivity (Wildman–Crippen MR) is 498 cm³/mol. The van der Waals surface area contributed by atoms with E-state index in [0.717, 1.165) is 42.0 Å². The molecule has 6 N–H and O–H groups in total. The maximum atomic E-state index is 13.5. The summed E-state index contributed by atoms with van der Waals surface area (Å²) < 4.78 is 50.9. The molecule has 12 aliphatic heterocycles. The van der Waals surface area contributed by atoms with Gasteiger partial charge in [-0.1, -0.05) is 60.7 Å². The summed E-state index contributed by atoms with van der Waals surface area (Å²) in [4.78, 5) is 166. The van der Waals surface area contributed by atoms with Gasteiger partial charge >= 0.3 is 23.9 Å². The molecule has 0 radical (unpaired) electrons. The van der Waals surface area contributed by atoms with E-state index in [1.165, 1.54) is 78.7 Å². The minimum Gasteiger partial charge on any atom is -0.489 e. The second-order valence-corrected chi connectivity index (χ2v) is 41.5. The lowest BCUT2D eigenvalue weighted by atomic mass is 9.77. The van der Waals surface area contributed by atoms with Gasteiger partial charge in [-0.3, -0.25) is 58.0 Å². The molecule has 4 fully saturated rings. The fourth-order valence-corrected chi connectivity index (χ4v) is 26.9. The summed E-state index contributed by atoms with van der Waals surface area (Å²) in [6.07, 6.45) is 0.716. The number of rotatable bonds is 26. The van der Waals surface area contributed by atoms with Crippen molar-refractivity contribution in [3.63, 3.8) is 0 Å². The number of fused-ring (bicyclic) bond motifs is 16. The van der Waals surface area contributed by atoms with Crippen molar-refractivity contribution in [2.24, 2.45) is 0 Å². The smallest absolute Gasteiger partial charge is 0.352 e. The number of allylic oxidation sites excluding steroid dienone is 2. The molecular weight excluding hydrogens is 1870 g/mol. The van der Waals surface area contributed by atoms with Gasteiger partial charge < -0.3 is 69.4 Å². The Kier molecular flexibility index (Phi) is 23.1. The van der Waals surface area contributed by atoms with Gasteiger partial charge in [0.15, 0.2) is 11.2 Å². The van der Waals surface area contributed by atoms with E-state index in [0.29, 0.717) is 90.2 Å². The van der Waals surface area contributed by atoms with Gasteiger partial charge in [-0.2, -0.15) is 0 Å². The van der Waals surface area contributed by atoms with Crippen LogP contribution in [0.2, 0.25) is 0 Å². The van der Waals surface area contributed by atoms with Gasteiger partial charge in [-0.25, -0.2) is 19.2 Å². The van der Waals surface area contributed by atoms with Gasteiger partial charge in [-0.15, -0.1) is 92.4 Å². The molecule has 134 heavy (non-hydrogen) atoms. The van der Waals surface area contributed by atoms with Gasteiger partial charge in [0.2, 0.25) is 23.6 Å². The van der Waals surface area contributed by atoms with Gasteiger partial charge in [0, 0.05) is 123 Å². The van der Waals surface area contributed by atoms with Crippen LogP contribution in [0.1, 0.15) is 87.5 Å². The molecule has 8 atom stereocenters. The molecule has 22 rings (SSSR count). The standard InChI is InChI=1S/C48H36N4O13S4.C48H40N4O9S4/c53-35(17-27-5-3-13-66-27)49-37-41(55)51-39(45(57)58)23(21-68-43(37)51)19-62-25-9-11-31-33(15-25)64-34-16-26(10-12-32(34)48(31)30-8-2-1-7-29(30)47(61)65-48)63-20-24-22-69-44-38(42(56)52(44)40(24)46(59)60)50-36(54)18-28-6-4-14-67-28;1-25-27(23-64-45-41(43(55)51(25)45)49-39(53)19-31-7-5-15-62-31)21-58-29-11-13-35-37(17-29)60-38-18-30(12-14-36(38)48(35)34-10-4-3-9-33(34)47(57)61-48)59-22-28-24-65-46-42(44(56)52(46)26(28)2)50-40(54)20-32-8-6-16-63-32/h1-16,37-38,43-44H,17-22H2,(H,49,53)(H,50,54)(H,57,58)(H,59,60);3-18,41-42,45-46H,19-24H2,1-2H3,(H,49,53)(H,50,54). The van der Waals surface area contributed by atoms with Crippen molar-refractivity contribution in [2.45, 2.75) is 96.4 Å². The highest BCUT2D eigenvalue weighted by Crippen LogP contribution is 2.60. The minimum atomic E-state index is -1.46. The first-order valence-electron chi connectivity index (χ1n) is 42.4. The topological polar surface area (TPSA) is 380 Å². The zero-order chi connectivity index (χ0) is 92.3. The lowest BCUT2D eigenvalue weighted by molar-refractivity contribution is -0.150. The van der Waals surface area contributed by atoms with Crippen LogP contribution in [0.3, 0.4) is 0 Å². The normalized spacial score (nSPS) is 23.1. The maximum Gasteiger partial charge on any atom is 0.352 e. The van der Waals surface area contributed by atoms with Crippen molar-refractivity contribution in [3.05, 3.63) is 300 Å². The van der Waals surface area contributed by atoms with Crippen molar-refractivity contribution < 1.29 is 106 Å². The molecule has 0 aliphatic carbocycles. The van der Waals surface area contributed by atoms with Crippen molar-refractivity contribution in [3.8, 4) is 46.0 Å². The number of β-lactam (4-membered cyclic amide) rings is 4. The molecule has 0 bridgehead atoms. The van der Waals surface area contributed by atoms with Crippen molar-refractivity contribution in [2.75, 3.05) is 49.4 Å². The molecule has 680 valence electrons. The number of ether oxygens (including phenoxy) is 8. The quantitative estimate of drug-likeness (QED) is 0.0217. The predicted octanol–water partition coefficient (Wildman–Crippen LogP) is 12.1. The highest BCUT2D eigenvalue weighted by molar-refractivity contribution is 8.01. The molecule has 8 unspecified atom stereocenters. The average molecular weight is 1950 g/mol. The number of carbonyl (C=O) groups excluding carboxylic acids is 10. The Morgan fingerprint density at radius 3 is 0.925 bits per heavy atom. The van der Waals surface area contributed by atoms with Crippen LogP contribution >= 0.6 is 92.4 Å². The van der Waals surface area contributed by atoms with E-state index in [9.17, 15) is 67.7 Å². The van der Waals surface area contributed by atoms with E-state index < -0.39 is 81.8 Å². The molecular formula is C96H76N8O22S8. The van der Waals surface area contributed by atoms with E-state index in [1.54, 1.807) is 112 Å². The molecule has 2 spiro atoms. The number of hydrogen-bond acceptors (Lipinski definition) is 28. The Bertz CT molecular complexity index is 6440. The third kappa shape index (κ3) is 15.5. The fraction of sp³-hybridized carbons (Fsp3) is 0.250. The number of aliphatic carboxylic acids is 2. The van der Waals surface area contributed by atoms with E-state index >= 15 is 0 Å². The molecule has 10 aromatic rings. The second kappa shape index (κ2) is 35.4. The Morgan fingerprint density at radius 1 is 0.358 bits per heavy atom. The Labute approximate surface area is 796 Å². The van der Waals surface area contributed by atoms with E-state index in [2.05, 4.69) is 21.3 Å². The number of esters is 2. The zero-order valence-corrected chi connectivity index (χ0v) is 77.2. The van der Waals surface area contributed by atoms with Crippen LogP contribution < -0.4 is 49.7 Å². The largest absolute Gasteiger partial charge is 0.489 e. The summed E-state index contributed by atoms with van der Waals surface area (Å²) in [6, 6.07) is 47.3. The Morgan fingerprint density at radius 2 is 0.634 bits per heavy atom. The average Bonchev–Trinajstić information content (AvgIpc) is 1.53. The van der Waals surface area contributed by atoms with Crippen LogP contribution in [-0.2, 0) is 94.3 Å². The number of thiophene rings is 4. The number of benzene rings is 6.